The maximum atomic E-state index is 13.3. The van der Waals surface area contributed by atoms with E-state index in [1.54, 1.807) is 6.07 Å². The van der Waals surface area contributed by atoms with E-state index in [0.717, 1.165) is 23.9 Å². The van der Waals surface area contributed by atoms with Gasteiger partial charge < -0.3 is 5.73 Å². The van der Waals surface area contributed by atoms with Gasteiger partial charge in [0.05, 0.1) is 10.5 Å². The molecule has 1 rings (SSSR count). The summed E-state index contributed by atoms with van der Waals surface area (Å²) in [5.74, 6) is -1.03. The average molecular weight is 214 g/mol. The van der Waals surface area contributed by atoms with E-state index in [4.69, 9.17) is 11.0 Å². The van der Waals surface area contributed by atoms with Gasteiger partial charge in [0.25, 0.3) is 0 Å². The first-order chi connectivity index (χ1) is 6.70. The second-order valence-electron chi connectivity index (χ2n) is 2.49. The highest BCUT2D eigenvalue weighted by molar-refractivity contribution is 7.99. The molecule has 0 saturated heterocycles. The molecule has 0 aromatic heterocycles. The minimum absolute atomic E-state index is 0.130. The fourth-order valence-electron chi connectivity index (χ4n) is 0.912. The summed E-state index contributed by atoms with van der Waals surface area (Å²) >= 11 is 0.977. The Morgan fingerprint density at radius 2 is 2.14 bits per heavy atom. The lowest BCUT2D eigenvalue weighted by Gasteiger charge is -2.04. The normalized spacial score (nSPS) is 9.86. The van der Waals surface area contributed by atoms with Gasteiger partial charge in [0.1, 0.15) is 11.9 Å². The summed E-state index contributed by atoms with van der Waals surface area (Å²) < 4.78 is 26.4. The Kier molecular flexibility index (Phi) is 3.86. The lowest BCUT2D eigenvalue weighted by Crippen LogP contribution is -2.02. The van der Waals surface area contributed by atoms with Crippen LogP contribution >= 0.6 is 11.8 Å². The molecule has 0 amide bonds. The van der Waals surface area contributed by atoms with Crippen molar-refractivity contribution in [3.63, 3.8) is 0 Å². The molecule has 0 fully saturated rings. The maximum absolute atomic E-state index is 13.3. The molecule has 0 radical (unpaired) electrons. The third-order valence-electron chi connectivity index (χ3n) is 1.53. The predicted molar refractivity (Wildman–Crippen MR) is 50.9 cm³/mol. The summed E-state index contributed by atoms with van der Waals surface area (Å²) in [6.45, 7) is 0.334. The van der Waals surface area contributed by atoms with Crippen LogP contribution in [0.25, 0.3) is 0 Å². The van der Waals surface area contributed by atoms with Crippen molar-refractivity contribution in [2.45, 2.75) is 4.90 Å². The number of nitrogens with two attached hydrogens (primary N) is 1. The molecule has 1 aromatic carbocycles. The van der Waals surface area contributed by atoms with Crippen molar-refractivity contribution in [2.24, 2.45) is 5.73 Å². The number of thioether (sulfide) groups is 1. The molecule has 0 aliphatic carbocycles. The van der Waals surface area contributed by atoms with Crippen molar-refractivity contribution < 1.29 is 8.78 Å². The molecule has 5 heteroatoms. The van der Waals surface area contributed by atoms with Crippen LogP contribution in [0.3, 0.4) is 0 Å². The van der Waals surface area contributed by atoms with Crippen LogP contribution in [0.4, 0.5) is 8.78 Å². The van der Waals surface area contributed by atoms with Gasteiger partial charge in [-0.2, -0.15) is 5.26 Å². The fraction of sp³-hybridized carbons (Fsp3) is 0.222. The number of hydrogen-bond donors (Lipinski definition) is 1. The Morgan fingerprint density at radius 1 is 1.43 bits per heavy atom. The minimum atomic E-state index is -0.800. The topological polar surface area (TPSA) is 49.8 Å². The Bertz CT molecular complexity index is 374. The molecule has 0 heterocycles. The number of hydrogen-bond acceptors (Lipinski definition) is 3. The maximum Gasteiger partial charge on any atom is 0.157 e. The molecule has 0 aliphatic heterocycles. The van der Waals surface area contributed by atoms with Crippen molar-refractivity contribution in [2.75, 3.05) is 12.3 Å². The zero-order valence-electron chi connectivity index (χ0n) is 7.26. The van der Waals surface area contributed by atoms with Gasteiger partial charge in [0, 0.05) is 12.3 Å². The third-order valence-corrected chi connectivity index (χ3v) is 2.64. The lowest BCUT2D eigenvalue weighted by molar-refractivity contribution is 0.538. The number of nitriles is 1. The van der Waals surface area contributed by atoms with E-state index >= 15 is 0 Å². The number of halogens is 2. The average Bonchev–Trinajstić information content (AvgIpc) is 2.18. The van der Waals surface area contributed by atoms with Crippen LogP contribution in [0, 0.1) is 23.0 Å². The molecule has 2 nitrogen and oxygen atoms in total. The van der Waals surface area contributed by atoms with Crippen molar-refractivity contribution in [3.05, 3.63) is 29.3 Å². The highest BCUT2D eigenvalue weighted by Crippen LogP contribution is 2.26. The summed E-state index contributed by atoms with van der Waals surface area (Å²) in [6.07, 6.45) is 0. The van der Waals surface area contributed by atoms with Gasteiger partial charge in [-0.15, -0.1) is 11.8 Å². The molecule has 0 aliphatic rings. The Balaban J connectivity index is 3.07. The Labute approximate surface area is 84.7 Å². The highest BCUT2D eigenvalue weighted by Gasteiger charge is 2.13. The molecule has 14 heavy (non-hydrogen) atoms. The zero-order valence-corrected chi connectivity index (χ0v) is 8.07. The summed E-state index contributed by atoms with van der Waals surface area (Å²) in [4.78, 5) is -0.130. The standard InChI is InChI=1S/C9H8F2N2S/c10-7-2-1-6(5-13)8(11)9(7)14-4-3-12/h1-2H,3-4,12H2. The smallest absolute Gasteiger partial charge is 0.157 e. The molecule has 1 aromatic rings. The second kappa shape index (κ2) is 4.94. The van der Waals surface area contributed by atoms with E-state index in [9.17, 15) is 8.78 Å². The Morgan fingerprint density at radius 3 is 2.71 bits per heavy atom. The van der Waals surface area contributed by atoms with Crippen LogP contribution < -0.4 is 5.73 Å². The van der Waals surface area contributed by atoms with Crippen LogP contribution in [0.2, 0.25) is 0 Å². The monoisotopic (exact) mass is 214 g/mol. The molecular weight excluding hydrogens is 206 g/mol. The molecular formula is C9H8F2N2S. The number of benzene rings is 1. The lowest BCUT2D eigenvalue weighted by atomic mass is 10.2. The summed E-state index contributed by atoms with van der Waals surface area (Å²) in [5.41, 5.74) is 5.07. The van der Waals surface area contributed by atoms with Gasteiger partial charge in [-0.1, -0.05) is 0 Å². The molecule has 0 unspecified atom stereocenters. The SMILES string of the molecule is N#Cc1ccc(F)c(SCCN)c1F. The first-order valence-corrected chi connectivity index (χ1v) is 4.90. The molecule has 74 valence electrons. The van der Waals surface area contributed by atoms with Crippen molar-refractivity contribution in [3.8, 4) is 6.07 Å². The summed E-state index contributed by atoms with van der Waals surface area (Å²) in [5, 5.41) is 8.51. The van der Waals surface area contributed by atoms with E-state index in [-0.39, 0.29) is 10.5 Å². The van der Waals surface area contributed by atoms with Gasteiger partial charge in [-0.25, -0.2) is 8.78 Å². The van der Waals surface area contributed by atoms with E-state index in [0.29, 0.717) is 12.3 Å². The number of nitrogens with zero attached hydrogens (tertiary/aromatic N) is 1. The summed E-state index contributed by atoms with van der Waals surface area (Å²) in [7, 11) is 0. The second-order valence-corrected chi connectivity index (χ2v) is 3.59. The largest absolute Gasteiger partial charge is 0.330 e. The molecule has 0 bridgehead atoms. The van der Waals surface area contributed by atoms with E-state index in [1.807, 2.05) is 0 Å². The van der Waals surface area contributed by atoms with Gasteiger partial charge in [-0.05, 0) is 12.1 Å². The Hall–Kier alpha value is -1.12. The molecule has 0 atom stereocenters. The third kappa shape index (κ3) is 2.22. The number of rotatable bonds is 3. The fourth-order valence-corrected chi connectivity index (χ4v) is 1.68. The van der Waals surface area contributed by atoms with Gasteiger partial charge in [-0.3, -0.25) is 0 Å². The van der Waals surface area contributed by atoms with E-state index in [1.165, 1.54) is 0 Å². The van der Waals surface area contributed by atoms with Crippen LogP contribution in [-0.4, -0.2) is 12.3 Å². The van der Waals surface area contributed by atoms with Gasteiger partial charge in [0.2, 0.25) is 0 Å². The van der Waals surface area contributed by atoms with E-state index in [2.05, 4.69) is 0 Å². The van der Waals surface area contributed by atoms with Crippen molar-refractivity contribution >= 4 is 11.8 Å². The van der Waals surface area contributed by atoms with Crippen molar-refractivity contribution in [1.82, 2.24) is 0 Å². The minimum Gasteiger partial charge on any atom is -0.330 e. The predicted octanol–water partition coefficient (Wildman–Crippen LogP) is 1.89. The molecule has 0 spiro atoms. The highest BCUT2D eigenvalue weighted by atomic mass is 32.2. The molecule has 0 saturated carbocycles. The first kappa shape index (κ1) is 11.0. The van der Waals surface area contributed by atoms with Gasteiger partial charge >= 0.3 is 0 Å². The first-order valence-electron chi connectivity index (χ1n) is 3.91. The van der Waals surface area contributed by atoms with E-state index < -0.39 is 11.6 Å². The van der Waals surface area contributed by atoms with Crippen molar-refractivity contribution in [1.29, 1.82) is 5.26 Å². The van der Waals surface area contributed by atoms with Crippen LogP contribution in [-0.2, 0) is 0 Å². The summed E-state index contributed by atoms with van der Waals surface area (Å²) in [6, 6.07) is 3.86. The van der Waals surface area contributed by atoms with Crippen LogP contribution in [0.5, 0.6) is 0 Å². The quantitative estimate of drug-likeness (QED) is 0.781. The van der Waals surface area contributed by atoms with Crippen LogP contribution in [0.15, 0.2) is 17.0 Å². The zero-order chi connectivity index (χ0) is 10.6. The van der Waals surface area contributed by atoms with Gasteiger partial charge in [0.15, 0.2) is 5.82 Å². The molecule has 2 N–H and O–H groups in total. The van der Waals surface area contributed by atoms with Crippen LogP contribution in [0.1, 0.15) is 5.56 Å².